The Hall–Kier alpha value is -0.220. The Morgan fingerprint density at radius 1 is 1.71 bits per heavy atom. The highest BCUT2D eigenvalue weighted by Gasteiger charge is 2.23. The van der Waals surface area contributed by atoms with Crippen LogP contribution in [0.5, 0.6) is 0 Å². The van der Waals surface area contributed by atoms with Crippen molar-refractivity contribution in [3.63, 3.8) is 0 Å². The molecule has 1 amide bonds. The number of carbonyl (C=O) groups excluding carboxylic acids is 1. The van der Waals surface area contributed by atoms with E-state index in [9.17, 15) is 4.79 Å². The van der Waals surface area contributed by atoms with Gasteiger partial charge < -0.3 is 10.1 Å². The minimum atomic E-state index is 0.141. The smallest absolute Gasteiger partial charge is 0.221 e. The van der Waals surface area contributed by atoms with Gasteiger partial charge in [-0.15, -0.1) is 0 Å². The van der Waals surface area contributed by atoms with Gasteiger partial charge in [-0.25, -0.2) is 0 Å². The van der Waals surface area contributed by atoms with Gasteiger partial charge >= 0.3 is 0 Å². The molecule has 3 nitrogen and oxygen atoms in total. The predicted octanol–water partition coefficient (Wildman–Crippen LogP) is 1.42. The molecule has 14 heavy (non-hydrogen) atoms. The van der Waals surface area contributed by atoms with Crippen molar-refractivity contribution < 1.29 is 9.53 Å². The molecular formula is C10H19NO2S. The van der Waals surface area contributed by atoms with Crippen LogP contribution in [0.25, 0.3) is 0 Å². The summed E-state index contributed by atoms with van der Waals surface area (Å²) < 4.78 is 5.50. The Labute approximate surface area is 90.0 Å². The lowest BCUT2D eigenvalue weighted by molar-refractivity contribution is -0.122. The Kier molecular flexibility index (Phi) is 5.33. The number of hydrogen-bond acceptors (Lipinski definition) is 3. The molecule has 0 aromatic rings. The lowest BCUT2D eigenvalue weighted by atomic mass is 10.1. The maximum Gasteiger partial charge on any atom is 0.221 e. The summed E-state index contributed by atoms with van der Waals surface area (Å²) in [4.78, 5) is 11.4. The summed E-state index contributed by atoms with van der Waals surface area (Å²) >= 11 is 1.70. The van der Waals surface area contributed by atoms with Gasteiger partial charge in [0.25, 0.3) is 0 Å². The summed E-state index contributed by atoms with van der Waals surface area (Å²) in [6.07, 6.45) is 5.04. The lowest BCUT2D eigenvalue weighted by Gasteiger charge is -2.19. The van der Waals surface area contributed by atoms with Crippen molar-refractivity contribution in [2.75, 3.05) is 18.6 Å². The molecule has 1 rings (SSSR count). The van der Waals surface area contributed by atoms with Crippen molar-refractivity contribution in [1.29, 1.82) is 0 Å². The zero-order chi connectivity index (χ0) is 10.4. The van der Waals surface area contributed by atoms with E-state index in [0.29, 0.717) is 6.42 Å². The zero-order valence-electron chi connectivity index (χ0n) is 8.91. The minimum absolute atomic E-state index is 0.141. The summed E-state index contributed by atoms with van der Waals surface area (Å²) in [7, 11) is 0. The van der Waals surface area contributed by atoms with Crippen LogP contribution in [-0.2, 0) is 9.53 Å². The second kappa shape index (κ2) is 6.30. The van der Waals surface area contributed by atoms with Crippen molar-refractivity contribution in [2.24, 2.45) is 0 Å². The Morgan fingerprint density at radius 3 is 3.07 bits per heavy atom. The van der Waals surface area contributed by atoms with Gasteiger partial charge in [0.1, 0.15) is 0 Å². The predicted molar refractivity (Wildman–Crippen MR) is 59.6 cm³/mol. The van der Waals surface area contributed by atoms with Gasteiger partial charge in [-0.3, -0.25) is 4.79 Å². The normalized spacial score (nSPS) is 23.4. The topological polar surface area (TPSA) is 38.3 Å². The van der Waals surface area contributed by atoms with Crippen LogP contribution in [0.2, 0.25) is 0 Å². The summed E-state index contributed by atoms with van der Waals surface area (Å²) in [5.41, 5.74) is 0. The van der Waals surface area contributed by atoms with Gasteiger partial charge in [-0.05, 0) is 26.0 Å². The molecule has 1 N–H and O–H groups in total. The second-order valence-corrected chi connectivity index (χ2v) is 4.64. The van der Waals surface area contributed by atoms with Crippen LogP contribution in [0, 0.1) is 0 Å². The molecule has 0 aromatic carbocycles. The van der Waals surface area contributed by atoms with Crippen LogP contribution in [0.4, 0.5) is 0 Å². The molecule has 1 saturated heterocycles. The van der Waals surface area contributed by atoms with Gasteiger partial charge in [0, 0.05) is 18.8 Å². The maximum atomic E-state index is 11.4. The van der Waals surface area contributed by atoms with Gasteiger partial charge in [0.15, 0.2) is 0 Å². The third-order valence-corrected chi connectivity index (χ3v) is 3.06. The van der Waals surface area contributed by atoms with Gasteiger partial charge in [-0.1, -0.05) is 0 Å². The van der Waals surface area contributed by atoms with Crippen molar-refractivity contribution in [2.45, 2.75) is 38.3 Å². The van der Waals surface area contributed by atoms with E-state index < -0.39 is 0 Å². The first-order valence-corrected chi connectivity index (χ1v) is 6.53. The number of thioether (sulfide) groups is 1. The third-order valence-electron chi connectivity index (χ3n) is 2.44. The highest BCUT2D eigenvalue weighted by atomic mass is 32.2. The van der Waals surface area contributed by atoms with E-state index in [4.69, 9.17) is 4.74 Å². The van der Waals surface area contributed by atoms with Crippen LogP contribution >= 0.6 is 11.8 Å². The van der Waals surface area contributed by atoms with E-state index in [1.807, 2.05) is 13.2 Å². The van der Waals surface area contributed by atoms with Crippen LogP contribution in [0.1, 0.15) is 26.2 Å². The average Bonchev–Trinajstić information content (AvgIpc) is 2.67. The van der Waals surface area contributed by atoms with E-state index >= 15 is 0 Å². The number of nitrogens with one attached hydrogen (secondary N) is 1. The Balaban J connectivity index is 2.18. The van der Waals surface area contributed by atoms with Crippen molar-refractivity contribution >= 4 is 17.7 Å². The van der Waals surface area contributed by atoms with Crippen molar-refractivity contribution in [1.82, 2.24) is 5.32 Å². The molecule has 1 fully saturated rings. The molecule has 0 spiro atoms. The minimum Gasteiger partial charge on any atom is -0.376 e. The van der Waals surface area contributed by atoms with Gasteiger partial charge in [0.2, 0.25) is 5.91 Å². The molecule has 1 aliphatic rings. The molecule has 0 aliphatic carbocycles. The Bertz CT molecular complexity index is 181. The summed E-state index contributed by atoms with van der Waals surface area (Å²) in [6, 6.07) is 0.159. The average molecular weight is 217 g/mol. The van der Waals surface area contributed by atoms with E-state index in [0.717, 1.165) is 25.2 Å². The summed E-state index contributed by atoms with van der Waals surface area (Å²) in [5, 5.41) is 2.98. The molecule has 0 aromatic heterocycles. The molecule has 0 saturated carbocycles. The highest BCUT2D eigenvalue weighted by molar-refractivity contribution is 7.98. The monoisotopic (exact) mass is 217 g/mol. The molecule has 0 bridgehead atoms. The molecule has 1 aliphatic heterocycles. The van der Waals surface area contributed by atoms with Crippen LogP contribution in [0.15, 0.2) is 0 Å². The van der Waals surface area contributed by atoms with Crippen LogP contribution in [0.3, 0.4) is 0 Å². The molecular weight excluding hydrogens is 198 g/mol. The zero-order valence-corrected chi connectivity index (χ0v) is 9.73. The number of rotatable bonds is 5. The van der Waals surface area contributed by atoms with E-state index in [1.165, 1.54) is 0 Å². The molecule has 0 radical (unpaired) electrons. The summed E-state index contributed by atoms with van der Waals surface area (Å²) in [6.45, 7) is 2.86. The SMILES string of the molecule is CSCCC(=O)NC(C)C1CCCO1. The number of hydrogen-bond donors (Lipinski definition) is 1. The first-order valence-electron chi connectivity index (χ1n) is 5.14. The number of ether oxygens (including phenoxy) is 1. The van der Waals surface area contributed by atoms with Crippen LogP contribution in [-0.4, -0.2) is 36.7 Å². The van der Waals surface area contributed by atoms with Gasteiger partial charge in [0.05, 0.1) is 12.1 Å². The maximum absolute atomic E-state index is 11.4. The highest BCUT2D eigenvalue weighted by Crippen LogP contribution is 2.15. The van der Waals surface area contributed by atoms with E-state index in [1.54, 1.807) is 11.8 Å². The molecule has 4 heteroatoms. The summed E-state index contributed by atoms with van der Waals surface area (Å²) in [5.74, 6) is 1.03. The largest absolute Gasteiger partial charge is 0.376 e. The first kappa shape index (κ1) is 11.9. The first-order chi connectivity index (χ1) is 6.74. The second-order valence-electron chi connectivity index (χ2n) is 3.65. The van der Waals surface area contributed by atoms with E-state index in [2.05, 4.69) is 5.32 Å². The molecule has 2 unspecified atom stereocenters. The van der Waals surface area contributed by atoms with Crippen LogP contribution < -0.4 is 5.32 Å². The lowest BCUT2D eigenvalue weighted by Crippen LogP contribution is -2.40. The molecule has 2 atom stereocenters. The fourth-order valence-corrected chi connectivity index (χ4v) is 2.00. The molecule has 1 heterocycles. The van der Waals surface area contributed by atoms with E-state index in [-0.39, 0.29) is 18.1 Å². The van der Waals surface area contributed by atoms with Gasteiger partial charge in [-0.2, -0.15) is 11.8 Å². The number of amides is 1. The standard InChI is InChI=1S/C10H19NO2S/c1-8(9-4-3-6-13-9)11-10(12)5-7-14-2/h8-9H,3-7H2,1-2H3,(H,11,12). The van der Waals surface area contributed by atoms with Crippen molar-refractivity contribution in [3.8, 4) is 0 Å². The quantitative estimate of drug-likeness (QED) is 0.757. The molecule has 82 valence electrons. The number of carbonyl (C=O) groups is 1. The fourth-order valence-electron chi connectivity index (χ4n) is 1.61. The Morgan fingerprint density at radius 2 is 2.50 bits per heavy atom. The third kappa shape index (κ3) is 3.88. The van der Waals surface area contributed by atoms with Crippen molar-refractivity contribution in [3.05, 3.63) is 0 Å². The fraction of sp³-hybridized carbons (Fsp3) is 0.900.